The maximum atomic E-state index is 14.1. The van der Waals surface area contributed by atoms with Crippen LogP contribution in [-0.2, 0) is 11.2 Å². The molecule has 2 aromatic heterocycles. The van der Waals surface area contributed by atoms with E-state index < -0.39 is 18.0 Å². The van der Waals surface area contributed by atoms with Crippen molar-refractivity contribution in [3.8, 4) is 11.6 Å². The summed E-state index contributed by atoms with van der Waals surface area (Å²) in [5.74, 6) is -2.01. The molecule has 1 aliphatic rings. The molecule has 4 rings (SSSR count). The molecule has 182 valence electrons. The summed E-state index contributed by atoms with van der Waals surface area (Å²) in [5.41, 5.74) is 1.94. The van der Waals surface area contributed by atoms with Gasteiger partial charge in [-0.15, -0.1) is 0 Å². The molecule has 0 spiro atoms. The molecule has 9 nitrogen and oxygen atoms in total. The number of ether oxygens (including phenoxy) is 1. The Bertz CT molecular complexity index is 1100. The summed E-state index contributed by atoms with van der Waals surface area (Å²) in [7, 11) is 0. The molecule has 0 aliphatic carbocycles. The van der Waals surface area contributed by atoms with Gasteiger partial charge in [-0.2, -0.15) is 18.2 Å². The van der Waals surface area contributed by atoms with Crippen LogP contribution < -0.4 is 15.4 Å². The second kappa shape index (κ2) is 10.9. The zero-order valence-electron chi connectivity index (χ0n) is 18.0. The van der Waals surface area contributed by atoms with Gasteiger partial charge in [-0.25, -0.2) is 19.2 Å². The number of imidazole rings is 1. The van der Waals surface area contributed by atoms with Crippen LogP contribution in [0.3, 0.4) is 0 Å². The van der Waals surface area contributed by atoms with E-state index in [1.165, 1.54) is 10.9 Å². The van der Waals surface area contributed by atoms with Crippen LogP contribution in [0, 0.1) is 5.82 Å². The molecule has 1 aromatic carbocycles. The van der Waals surface area contributed by atoms with Gasteiger partial charge >= 0.3 is 12.1 Å². The first-order valence-electron chi connectivity index (χ1n) is 10.2. The Balaban J connectivity index is 0.000000406. The summed E-state index contributed by atoms with van der Waals surface area (Å²) in [5, 5.41) is 13.6. The van der Waals surface area contributed by atoms with Crippen molar-refractivity contribution in [2.24, 2.45) is 0 Å². The van der Waals surface area contributed by atoms with E-state index in [-0.39, 0.29) is 11.9 Å². The molecule has 3 aromatic rings. The van der Waals surface area contributed by atoms with Crippen LogP contribution in [0.4, 0.5) is 29.2 Å². The molecule has 0 unspecified atom stereocenters. The fourth-order valence-corrected chi connectivity index (χ4v) is 3.04. The number of alkyl halides is 3. The third-order valence-electron chi connectivity index (χ3n) is 4.67. The van der Waals surface area contributed by atoms with Gasteiger partial charge in [-0.3, -0.25) is 4.57 Å². The van der Waals surface area contributed by atoms with Crippen LogP contribution in [-0.4, -0.2) is 56.0 Å². The number of aromatic nitrogens is 4. The summed E-state index contributed by atoms with van der Waals surface area (Å²) in [6, 6.07) is 5.98. The van der Waals surface area contributed by atoms with E-state index in [1.54, 1.807) is 12.4 Å². The third-order valence-corrected chi connectivity index (χ3v) is 4.67. The van der Waals surface area contributed by atoms with Crippen molar-refractivity contribution >= 4 is 17.6 Å². The summed E-state index contributed by atoms with van der Waals surface area (Å²) in [4.78, 5) is 21.2. The van der Waals surface area contributed by atoms with E-state index >= 15 is 0 Å². The van der Waals surface area contributed by atoms with Crippen molar-refractivity contribution in [2.75, 3.05) is 18.4 Å². The average Bonchev–Trinajstić information content (AvgIpc) is 3.49. The predicted octanol–water partition coefficient (Wildman–Crippen LogP) is 3.48. The Kier molecular flexibility index (Phi) is 7.99. The van der Waals surface area contributed by atoms with E-state index in [0.29, 0.717) is 5.95 Å². The molecule has 3 N–H and O–H groups in total. The number of rotatable bonds is 6. The molecule has 13 heteroatoms. The Hall–Kier alpha value is -3.74. The average molecular weight is 482 g/mol. The highest BCUT2D eigenvalue weighted by atomic mass is 19.4. The van der Waals surface area contributed by atoms with Gasteiger partial charge in [0.05, 0.1) is 6.20 Å². The molecular formula is C21H22F4N6O3. The number of aliphatic carboxylic acids is 1. The highest BCUT2D eigenvalue weighted by molar-refractivity contribution is 5.73. The molecule has 0 amide bonds. The van der Waals surface area contributed by atoms with E-state index in [2.05, 4.69) is 32.5 Å². The lowest BCUT2D eigenvalue weighted by Crippen LogP contribution is -2.21. The van der Waals surface area contributed by atoms with Gasteiger partial charge in [0.15, 0.2) is 11.6 Å². The van der Waals surface area contributed by atoms with Crippen molar-refractivity contribution < 1.29 is 32.2 Å². The number of carboxylic acid groups (broad SMARTS) is 1. The van der Waals surface area contributed by atoms with Crippen LogP contribution in [0.25, 0.3) is 5.82 Å². The highest BCUT2D eigenvalue weighted by Crippen LogP contribution is 2.25. The molecule has 1 aliphatic heterocycles. The largest absolute Gasteiger partial charge is 0.490 e. The van der Waals surface area contributed by atoms with Gasteiger partial charge in [-0.1, -0.05) is 6.92 Å². The zero-order valence-corrected chi connectivity index (χ0v) is 18.0. The molecule has 1 saturated heterocycles. The summed E-state index contributed by atoms with van der Waals surface area (Å²) >= 11 is 0. The fourth-order valence-electron chi connectivity index (χ4n) is 3.04. The van der Waals surface area contributed by atoms with Gasteiger partial charge in [0, 0.05) is 30.7 Å². The van der Waals surface area contributed by atoms with Crippen LogP contribution in [0.1, 0.15) is 18.9 Å². The van der Waals surface area contributed by atoms with Gasteiger partial charge in [0.25, 0.3) is 0 Å². The predicted molar refractivity (Wildman–Crippen MR) is 114 cm³/mol. The van der Waals surface area contributed by atoms with Crippen LogP contribution >= 0.6 is 0 Å². The molecule has 0 bridgehead atoms. The molecule has 0 saturated carbocycles. The van der Waals surface area contributed by atoms with E-state index in [4.69, 9.17) is 14.6 Å². The number of hydrogen-bond acceptors (Lipinski definition) is 7. The normalized spacial score (nSPS) is 15.4. The first-order valence-corrected chi connectivity index (χ1v) is 10.2. The topological polar surface area (TPSA) is 114 Å². The quantitative estimate of drug-likeness (QED) is 0.458. The molecule has 34 heavy (non-hydrogen) atoms. The summed E-state index contributed by atoms with van der Waals surface area (Å²) in [6.07, 6.45) is 2.81. The number of aryl methyl sites for hydroxylation is 1. The molecule has 3 heterocycles. The van der Waals surface area contributed by atoms with Crippen LogP contribution in [0.2, 0.25) is 0 Å². The SMILES string of the molecule is CCc1cc(Nc2ncc(F)c(-n3ccnc3)n2)cc(O[C@H]2CCNC2)c1.O=C(O)C(F)(F)F. The van der Waals surface area contributed by atoms with Gasteiger partial charge in [0.1, 0.15) is 18.2 Å². The number of carboxylic acids is 1. The highest BCUT2D eigenvalue weighted by Gasteiger charge is 2.38. The third kappa shape index (κ3) is 6.88. The first-order chi connectivity index (χ1) is 16.2. The minimum absolute atomic E-state index is 0.144. The van der Waals surface area contributed by atoms with E-state index in [1.807, 2.05) is 18.2 Å². The van der Waals surface area contributed by atoms with Crippen LogP contribution in [0.15, 0.2) is 43.1 Å². The Morgan fingerprint density at radius 1 is 1.35 bits per heavy atom. The second-order valence-corrected chi connectivity index (χ2v) is 7.21. The number of hydrogen-bond donors (Lipinski definition) is 3. The number of nitrogens with one attached hydrogen (secondary N) is 2. The van der Waals surface area contributed by atoms with E-state index in [9.17, 15) is 17.6 Å². The minimum Gasteiger partial charge on any atom is -0.489 e. The Morgan fingerprint density at radius 3 is 2.71 bits per heavy atom. The number of carbonyl (C=O) groups is 1. The van der Waals surface area contributed by atoms with Gasteiger partial charge < -0.3 is 20.5 Å². The minimum atomic E-state index is -5.08. The Labute approximate surface area is 191 Å². The van der Waals surface area contributed by atoms with E-state index in [0.717, 1.165) is 49.1 Å². The van der Waals surface area contributed by atoms with Crippen molar-refractivity contribution in [3.63, 3.8) is 0 Å². The zero-order chi connectivity index (χ0) is 24.7. The monoisotopic (exact) mass is 482 g/mol. The van der Waals surface area contributed by atoms with Crippen molar-refractivity contribution in [1.29, 1.82) is 0 Å². The maximum absolute atomic E-state index is 14.1. The fraction of sp³-hybridized carbons (Fsp3) is 0.333. The van der Waals surface area contributed by atoms with Crippen molar-refractivity contribution in [3.05, 3.63) is 54.5 Å². The standard InChI is InChI=1S/C19H21FN6O.C2HF3O2/c1-2-13-7-14(9-16(8-13)27-15-3-4-21-10-15)24-19-23-11-17(20)18(25-19)26-6-5-22-12-26;3-2(4,5)1(6)7/h5-9,11-12,15,21H,2-4,10H2,1H3,(H,23,24,25);(H,6,7)/t15-;/m0./s1. The first kappa shape index (κ1) is 24.9. The number of anilines is 2. The van der Waals surface area contributed by atoms with Crippen LogP contribution in [0.5, 0.6) is 5.75 Å². The number of nitrogens with zero attached hydrogens (tertiary/aromatic N) is 4. The lowest BCUT2D eigenvalue weighted by molar-refractivity contribution is -0.192. The number of benzene rings is 1. The second-order valence-electron chi connectivity index (χ2n) is 7.21. The lowest BCUT2D eigenvalue weighted by atomic mass is 10.1. The summed E-state index contributed by atoms with van der Waals surface area (Å²) in [6.45, 7) is 3.92. The molecule has 1 atom stereocenters. The van der Waals surface area contributed by atoms with Gasteiger partial charge in [-0.05, 0) is 37.1 Å². The Morgan fingerprint density at radius 2 is 2.12 bits per heavy atom. The number of halogens is 4. The molecule has 0 radical (unpaired) electrons. The van der Waals surface area contributed by atoms with Crippen molar-refractivity contribution in [2.45, 2.75) is 32.0 Å². The maximum Gasteiger partial charge on any atom is 0.490 e. The van der Waals surface area contributed by atoms with Crippen molar-refractivity contribution in [1.82, 2.24) is 24.8 Å². The molecule has 1 fully saturated rings. The van der Waals surface area contributed by atoms with Gasteiger partial charge in [0.2, 0.25) is 5.95 Å². The lowest BCUT2D eigenvalue weighted by Gasteiger charge is -2.15. The smallest absolute Gasteiger partial charge is 0.489 e. The summed E-state index contributed by atoms with van der Waals surface area (Å²) < 4.78 is 53.4. The molecular weight excluding hydrogens is 460 g/mol.